The van der Waals surface area contributed by atoms with Gasteiger partial charge >= 0.3 is 0 Å². The van der Waals surface area contributed by atoms with Crippen molar-refractivity contribution in [2.24, 2.45) is 0 Å². The zero-order valence-electron chi connectivity index (χ0n) is 15.8. The highest BCUT2D eigenvalue weighted by Gasteiger charge is 2.09. The van der Waals surface area contributed by atoms with E-state index in [1.165, 1.54) is 25.4 Å². The number of nitrogens with one attached hydrogen (secondary N) is 3. The van der Waals surface area contributed by atoms with Crippen LogP contribution < -0.4 is 16.0 Å². The third-order valence-corrected chi connectivity index (χ3v) is 3.98. The van der Waals surface area contributed by atoms with Crippen LogP contribution in [-0.4, -0.2) is 28.3 Å². The molecule has 0 spiro atoms. The van der Waals surface area contributed by atoms with Crippen LogP contribution in [0, 0.1) is 5.82 Å². The number of benzene rings is 2. The minimum atomic E-state index is -0.421. The van der Waals surface area contributed by atoms with E-state index in [0.717, 1.165) is 0 Å². The Kier molecular flexibility index (Phi) is 6.47. The number of carbonyl (C=O) groups is 2. The first-order valence-corrected chi connectivity index (χ1v) is 8.99. The van der Waals surface area contributed by atoms with Gasteiger partial charge in [-0.05, 0) is 36.2 Å². The summed E-state index contributed by atoms with van der Waals surface area (Å²) in [4.78, 5) is 31.7. The standard InChI is InChI=1S/C21H20FN5O2/c1-14(28)26-16-6-4-7-17(11-16)27-21(29)19-12-25-20(13-24-19)23-10-9-15-5-2-3-8-18(15)22/h2-8,11-13H,9-10H2,1H3,(H,23,25)(H,26,28)(H,27,29). The fourth-order valence-corrected chi connectivity index (χ4v) is 2.64. The molecule has 8 heteroatoms. The van der Waals surface area contributed by atoms with Gasteiger partial charge in [0.25, 0.3) is 5.91 Å². The number of hydrogen-bond acceptors (Lipinski definition) is 5. The SMILES string of the molecule is CC(=O)Nc1cccc(NC(=O)c2cnc(NCCc3ccccc3F)cn2)c1. The fraction of sp³-hybridized carbons (Fsp3) is 0.143. The molecular weight excluding hydrogens is 373 g/mol. The Morgan fingerprint density at radius 3 is 2.41 bits per heavy atom. The van der Waals surface area contributed by atoms with Crippen LogP contribution in [0.25, 0.3) is 0 Å². The number of nitrogens with zero attached hydrogens (tertiary/aromatic N) is 2. The summed E-state index contributed by atoms with van der Waals surface area (Å²) in [6.45, 7) is 1.89. The average Bonchev–Trinajstić information content (AvgIpc) is 2.70. The van der Waals surface area contributed by atoms with Gasteiger partial charge in [0, 0.05) is 24.8 Å². The number of halogens is 1. The van der Waals surface area contributed by atoms with E-state index in [0.29, 0.717) is 35.7 Å². The lowest BCUT2D eigenvalue weighted by Gasteiger charge is -2.08. The molecule has 0 aliphatic heterocycles. The van der Waals surface area contributed by atoms with Crippen molar-refractivity contribution in [3.05, 3.63) is 78.0 Å². The Hall–Kier alpha value is -3.81. The van der Waals surface area contributed by atoms with Crippen LogP contribution in [0.1, 0.15) is 23.0 Å². The number of aromatic nitrogens is 2. The second-order valence-corrected chi connectivity index (χ2v) is 6.27. The van der Waals surface area contributed by atoms with Gasteiger partial charge in [0.05, 0.1) is 12.4 Å². The van der Waals surface area contributed by atoms with Gasteiger partial charge in [-0.3, -0.25) is 9.59 Å². The van der Waals surface area contributed by atoms with Crippen LogP contribution in [0.4, 0.5) is 21.6 Å². The summed E-state index contributed by atoms with van der Waals surface area (Å²) in [7, 11) is 0. The molecular formula is C21H20FN5O2. The molecule has 0 atom stereocenters. The van der Waals surface area contributed by atoms with Crippen molar-refractivity contribution in [3.8, 4) is 0 Å². The lowest BCUT2D eigenvalue weighted by atomic mass is 10.1. The second kappa shape index (κ2) is 9.41. The van der Waals surface area contributed by atoms with Gasteiger partial charge in [-0.25, -0.2) is 14.4 Å². The average molecular weight is 393 g/mol. The number of anilines is 3. The molecule has 1 aromatic heterocycles. The molecule has 7 nitrogen and oxygen atoms in total. The molecule has 29 heavy (non-hydrogen) atoms. The van der Waals surface area contributed by atoms with Gasteiger partial charge in [0.15, 0.2) is 0 Å². The van der Waals surface area contributed by atoms with Crippen molar-refractivity contribution in [3.63, 3.8) is 0 Å². The quantitative estimate of drug-likeness (QED) is 0.571. The summed E-state index contributed by atoms with van der Waals surface area (Å²) in [5.74, 6) is -0.367. The van der Waals surface area contributed by atoms with E-state index in [1.54, 1.807) is 42.5 Å². The van der Waals surface area contributed by atoms with E-state index in [2.05, 4.69) is 25.9 Å². The Labute approximate surface area is 167 Å². The van der Waals surface area contributed by atoms with Crippen LogP contribution in [-0.2, 0) is 11.2 Å². The number of amides is 2. The lowest BCUT2D eigenvalue weighted by molar-refractivity contribution is -0.114. The monoisotopic (exact) mass is 393 g/mol. The van der Waals surface area contributed by atoms with Crippen molar-refractivity contribution >= 4 is 29.0 Å². The maximum absolute atomic E-state index is 13.6. The Morgan fingerprint density at radius 1 is 0.966 bits per heavy atom. The van der Waals surface area contributed by atoms with Gasteiger partial charge in [0.1, 0.15) is 17.3 Å². The molecule has 3 aromatic rings. The topological polar surface area (TPSA) is 96.0 Å². The van der Waals surface area contributed by atoms with E-state index < -0.39 is 5.91 Å². The zero-order chi connectivity index (χ0) is 20.6. The molecule has 0 saturated carbocycles. The highest BCUT2D eigenvalue weighted by atomic mass is 19.1. The minimum absolute atomic E-state index is 0.148. The third kappa shape index (κ3) is 5.83. The van der Waals surface area contributed by atoms with Gasteiger partial charge < -0.3 is 16.0 Å². The molecule has 1 heterocycles. The first-order chi connectivity index (χ1) is 14.0. The van der Waals surface area contributed by atoms with Crippen LogP contribution in [0.5, 0.6) is 0 Å². The van der Waals surface area contributed by atoms with Gasteiger partial charge in [-0.15, -0.1) is 0 Å². The third-order valence-electron chi connectivity index (χ3n) is 3.98. The Bertz CT molecular complexity index is 1010. The smallest absolute Gasteiger partial charge is 0.275 e. The summed E-state index contributed by atoms with van der Waals surface area (Å²) >= 11 is 0. The van der Waals surface area contributed by atoms with E-state index >= 15 is 0 Å². The Balaban J connectivity index is 1.55. The maximum Gasteiger partial charge on any atom is 0.275 e. The highest BCUT2D eigenvalue weighted by molar-refractivity contribution is 6.03. The molecule has 148 valence electrons. The van der Waals surface area contributed by atoms with E-state index in [4.69, 9.17) is 0 Å². The van der Waals surface area contributed by atoms with E-state index in [1.807, 2.05) is 0 Å². The molecule has 0 fully saturated rings. The van der Waals surface area contributed by atoms with Crippen molar-refractivity contribution in [2.75, 3.05) is 22.5 Å². The van der Waals surface area contributed by atoms with E-state index in [-0.39, 0.29) is 17.4 Å². The van der Waals surface area contributed by atoms with Crippen molar-refractivity contribution in [1.29, 1.82) is 0 Å². The molecule has 3 rings (SSSR count). The molecule has 3 N–H and O–H groups in total. The van der Waals surface area contributed by atoms with Gasteiger partial charge in [-0.1, -0.05) is 24.3 Å². The largest absolute Gasteiger partial charge is 0.368 e. The van der Waals surface area contributed by atoms with Crippen molar-refractivity contribution in [1.82, 2.24) is 9.97 Å². The molecule has 2 aromatic carbocycles. The number of carbonyl (C=O) groups excluding carboxylic acids is 2. The first-order valence-electron chi connectivity index (χ1n) is 8.99. The predicted octanol–water partition coefficient (Wildman–Crippen LogP) is 3.48. The highest BCUT2D eigenvalue weighted by Crippen LogP contribution is 2.16. The number of rotatable bonds is 7. The number of hydrogen-bond donors (Lipinski definition) is 3. The molecule has 0 unspecified atom stereocenters. The normalized spacial score (nSPS) is 10.3. The van der Waals surface area contributed by atoms with Crippen LogP contribution in [0.15, 0.2) is 60.9 Å². The fourth-order valence-electron chi connectivity index (χ4n) is 2.64. The molecule has 0 bridgehead atoms. The predicted molar refractivity (Wildman–Crippen MR) is 109 cm³/mol. The van der Waals surface area contributed by atoms with Crippen LogP contribution in [0.2, 0.25) is 0 Å². The second-order valence-electron chi connectivity index (χ2n) is 6.27. The summed E-state index contributed by atoms with van der Waals surface area (Å²) in [5.41, 5.74) is 1.87. The Morgan fingerprint density at radius 2 is 1.72 bits per heavy atom. The van der Waals surface area contributed by atoms with Gasteiger partial charge in [0.2, 0.25) is 5.91 Å². The minimum Gasteiger partial charge on any atom is -0.368 e. The molecule has 0 saturated heterocycles. The summed E-state index contributed by atoms with van der Waals surface area (Å²) in [6.07, 6.45) is 3.31. The first kappa shape index (κ1) is 19.9. The van der Waals surface area contributed by atoms with Crippen molar-refractivity contribution < 1.29 is 14.0 Å². The summed E-state index contributed by atoms with van der Waals surface area (Å²) in [5, 5.41) is 8.41. The molecule has 0 aliphatic carbocycles. The van der Waals surface area contributed by atoms with Crippen LogP contribution >= 0.6 is 0 Å². The lowest BCUT2D eigenvalue weighted by Crippen LogP contribution is -2.15. The van der Waals surface area contributed by atoms with Crippen molar-refractivity contribution in [2.45, 2.75) is 13.3 Å². The molecule has 0 aliphatic rings. The molecule has 2 amide bonds. The summed E-state index contributed by atoms with van der Waals surface area (Å²) in [6, 6.07) is 13.4. The maximum atomic E-state index is 13.6. The zero-order valence-corrected chi connectivity index (χ0v) is 15.8. The summed E-state index contributed by atoms with van der Waals surface area (Å²) < 4.78 is 13.6. The molecule has 0 radical (unpaired) electrons. The van der Waals surface area contributed by atoms with E-state index in [9.17, 15) is 14.0 Å². The van der Waals surface area contributed by atoms with Gasteiger partial charge in [-0.2, -0.15) is 0 Å². The van der Waals surface area contributed by atoms with Crippen LogP contribution in [0.3, 0.4) is 0 Å².